The van der Waals surface area contributed by atoms with Gasteiger partial charge in [-0.3, -0.25) is 4.79 Å². The molecule has 0 fully saturated rings. The fraction of sp³-hybridized carbons (Fsp3) is 0.0714. The molecule has 0 radical (unpaired) electrons. The SMILES string of the molecule is CC#N.CC(=O)O.Fc1c(F)c(F)c([B-](c2c(F)c(F)c(F)c(F)c2F)(c2c(F)c(F)c(F)c(F)c2F)c2c(F)c(F)c(F)c(F)c2F)c(F)c1F. The number of benzene rings is 4. The van der Waals surface area contributed by atoms with E-state index < -0.39 is 150 Å². The van der Waals surface area contributed by atoms with Gasteiger partial charge in [-0.25, -0.2) is 87.8 Å². The molecule has 24 heteroatoms. The van der Waals surface area contributed by atoms with E-state index in [0.29, 0.717) is 0 Å². The van der Waals surface area contributed by atoms with Gasteiger partial charge >= 0.3 is 0 Å². The van der Waals surface area contributed by atoms with E-state index in [1.807, 2.05) is 0 Å². The van der Waals surface area contributed by atoms with E-state index in [9.17, 15) is 52.7 Å². The lowest BCUT2D eigenvalue weighted by molar-refractivity contribution is -0.134. The smallest absolute Gasteiger partial charge is 0.300 e. The van der Waals surface area contributed by atoms with Gasteiger partial charge in [0, 0.05) is 13.8 Å². The molecule has 0 aliphatic carbocycles. The number of nitriles is 1. The first-order valence-corrected chi connectivity index (χ1v) is 12.6. The molecule has 0 bridgehead atoms. The molecule has 280 valence electrons. The first-order chi connectivity index (χ1) is 23.8. The van der Waals surface area contributed by atoms with Gasteiger partial charge in [0.15, 0.2) is 69.8 Å². The third kappa shape index (κ3) is 6.42. The molecule has 3 nitrogen and oxygen atoms in total. The molecule has 4 aromatic carbocycles. The molecule has 0 unspecified atom stereocenters. The summed E-state index contributed by atoms with van der Waals surface area (Å²) in [5, 5.41) is 14.7. The van der Waals surface area contributed by atoms with E-state index in [1.165, 1.54) is 6.92 Å². The van der Waals surface area contributed by atoms with Gasteiger partial charge in [-0.05, 0) is 0 Å². The van der Waals surface area contributed by atoms with Crippen molar-refractivity contribution in [3.8, 4) is 6.07 Å². The van der Waals surface area contributed by atoms with E-state index in [0.717, 1.165) is 6.92 Å². The predicted molar refractivity (Wildman–Crippen MR) is 134 cm³/mol. The summed E-state index contributed by atoms with van der Waals surface area (Å²) in [5.41, 5.74) is -14.3. The Morgan fingerprint density at radius 2 is 0.462 bits per heavy atom. The largest absolute Gasteiger partial charge is 0.481 e. The molecule has 0 amide bonds. The predicted octanol–water partition coefficient (Wildman–Crippen LogP) is 6.47. The topological polar surface area (TPSA) is 61.1 Å². The Morgan fingerprint density at radius 1 is 0.385 bits per heavy atom. The molecule has 1 N–H and O–H groups in total. The number of carbonyl (C=O) groups is 1. The van der Waals surface area contributed by atoms with Crippen LogP contribution in [-0.2, 0) is 4.79 Å². The van der Waals surface area contributed by atoms with Crippen LogP contribution in [0.15, 0.2) is 0 Å². The van der Waals surface area contributed by atoms with Crippen LogP contribution >= 0.6 is 0 Å². The molecule has 52 heavy (non-hydrogen) atoms. The molecule has 4 rings (SSSR count). The van der Waals surface area contributed by atoms with Crippen molar-refractivity contribution in [3.05, 3.63) is 116 Å². The average Bonchev–Trinajstić information content (AvgIpc) is 3.08. The fourth-order valence-corrected chi connectivity index (χ4v) is 4.87. The highest BCUT2D eigenvalue weighted by atomic mass is 19.2. The molecule has 4 aromatic rings. The standard InChI is InChI=1S/C24BF20.C2H3N.C2H4O2/c26-5-1(6(27)14(35)21(42)13(5)34)25(2-7(28)15(36)22(43)16(37)8(2)29,3-9(30)17(38)23(44)18(39)10(3)31)4-11(32)19(40)24(45)20(41)12(4)33;1-2-3;1-2(3)4/h;1H3;1H3,(H,3,4)/q-1;;. The van der Waals surface area contributed by atoms with Crippen LogP contribution in [0.25, 0.3) is 0 Å². The van der Waals surface area contributed by atoms with Crippen molar-refractivity contribution in [2.24, 2.45) is 0 Å². The highest BCUT2D eigenvalue weighted by molar-refractivity contribution is 7.20. The molecule has 0 aliphatic heterocycles. The van der Waals surface area contributed by atoms with E-state index in [4.69, 9.17) is 15.2 Å². The van der Waals surface area contributed by atoms with Crippen LogP contribution < -0.4 is 21.9 Å². The number of rotatable bonds is 4. The quantitative estimate of drug-likeness (QED) is 0.112. The van der Waals surface area contributed by atoms with Crippen LogP contribution in [-0.4, -0.2) is 17.2 Å². The second-order valence-corrected chi connectivity index (χ2v) is 9.54. The van der Waals surface area contributed by atoms with Gasteiger partial charge in [-0.2, -0.15) is 5.26 Å². The molecule has 0 saturated heterocycles. The first kappa shape index (κ1) is 42.7. The molecule has 0 saturated carbocycles. The Bertz CT molecular complexity index is 1780. The minimum absolute atomic E-state index is 0.833. The lowest BCUT2D eigenvalue weighted by Gasteiger charge is -2.44. The van der Waals surface area contributed by atoms with Crippen LogP contribution in [0.1, 0.15) is 13.8 Å². The van der Waals surface area contributed by atoms with Crippen LogP contribution in [0.4, 0.5) is 87.8 Å². The normalized spacial score (nSPS) is 11.0. The third-order valence-corrected chi connectivity index (χ3v) is 6.71. The van der Waals surface area contributed by atoms with Crippen molar-refractivity contribution < 1.29 is 97.7 Å². The zero-order chi connectivity index (χ0) is 40.6. The highest BCUT2D eigenvalue weighted by Crippen LogP contribution is 2.30. The summed E-state index contributed by atoms with van der Waals surface area (Å²) >= 11 is 0. The molecular weight excluding hydrogens is 773 g/mol. The monoisotopic (exact) mass is 780 g/mol. The van der Waals surface area contributed by atoms with Gasteiger partial charge in [0.1, 0.15) is 52.7 Å². The van der Waals surface area contributed by atoms with E-state index in [1.54, 1.807) is 6.07 Å². The summed E-state index contributed by atoms with van der Waals surface area (Å²) < 4.78 is 294. The Morgan fingerprint density at radius 3 is 0.558 bits per heavy atom. The minimum atomic E-state index is -7.22. The second-order valence-electron chi connectivity index (χ2n) is 9.54. The fourth-order valence-electron chi connectivity index (χ4n) is 4.87. The van der Waals surface area contributed by atoms with Crippen molar-refractivity contribution in [1.82, 2.24) is 0 Å². The number of nitrogens with zero attached hydrogens (tertiary/aromatic N) is 1. The van der Waals surface area contributed by atoms with Crippen molar-refractivity contribution in [2.45, 2.75) is 13.8 Å². The number of hydrogen-bond acceptors (Lipinski definition) is 2. The molecule has 0 atom stereocenters. The summed E-state index contributed by atoms with van der Waals surface area (Å²) in [6.07, 6.45) is -7.22. The summed E-state index contributed by atoms with van der Waals surface area (Å²) in [7, 11) is 0. The summed E-state index contributed by atoms with van der Waals surface area (Å²) in [6.45, 7) is 2.51. The Hall–Kier alpha value is -5.50. The second kappa shape index (κ2) is 15.4. The maximum Gasteiger partial charge on any atom is 0.300 e. The lowest BCUT2D eigenvalue weighted by Crippen LogP contribution is -2.81. The number of halogens is 20. The number of carboxylic acids is 1. The number of hydrogen-bond donors (Lipinski definition) is 1. The van der Waals surface area contributed by atoms with Crippen LogP contribution in [0, 0.1) is 128 Å². The third-order valence-electron chi connectivity index (χ3n) is 6.71. The summed E-state index contributed by atoms with van der Waals surface area (Å²) in [5.74, 6) is -72.2. The van der Waals surface area contributed by atoms with E-state index in [-0.39, 0.29) is 0 Å². The average molecular weight is 780 g/mol. The van der Waals surface area contributed by atoms with Crippen LogP contribution in [0.3, 0.4) is 0 Å². The number of carboxylic acid groups (broad SMARTS) is 1. The zero-order valence-electron chi connectivity index (χ0n) is 24.4. The zero-order valence-corrected chi connectivity index (χ0v) is 24.4. The van der Waals surface area contributed by atoms with Gasteiger partial charge in [0.25, 0.3) is 5.97 Å². The first-order valence-electron chi connectivity index (χ1n) is 12.6. The molecule has 0 spiro atoms. The Labute approximate surface area is 273 Å². The van der Waals surface area contributed by atoms with E-state index >= 15 is 35.1 Å². The van der Waals surface area contributed by atoms with Crippen molar-refractivity contribution in [3.63, 3.8) is 0 Å². The molecule has 0 aromatic heterocycles. The maximum atomic E-state index is 15.4. The Balaban J connectivity index is 0.00000123. The van der Waals surface area contributed by atoms with E-state index in [2.05, 4.69) is 0 Å². The molecule has 0 aliphatic rings. The molecular formula is C28H7BF20NO2-. The van der Waals surface area contributed by atoms with Gasteiger partial charge in [0.2, 0.25) is 0 Å². The number of aliphatic carboxylic acids is 1. The van der Waals surface area contributed by atoms with Gasteiger partial charge in [0.05, 0.1) is 6.07 Å². The Kier molecular flexibility index (Phi) is 12.6. The minimum Gasteiger partial charge on any atom is -0.481 e. The maximum absolute atomic E-state index is 15.4. The van der Waals surface area contributed by atoms with Crippen LogP contribution in [0.2, 0.25) is 0 Å². The molecule has 0 heterocycles. The highest BCUT2D eigenvalue weighted by Gasteiger charge is 2.52. The van der Waals surface area contributed by atoms with Crippen LogP contribution in [0.5, 0.6) is 0 Å². The summed E-state index contributed by atoms with van der Waals surface area (Å²) in [4.78, 5) is 9.00. The van der Waals surface area contributed by atoms with Gasteiger partial charge in [-0.15, -0.1) is 21.9 Å². The van der Waals surface area contributed by atoms with Gasteiger partial charge in [-0.1, -0.05) is 0 Å². The van der Waals surface area contributed by atoms with Gasteiger partial charge < -0.3 is 5.11 Å². The van der Waals surface area contributed by atoms with Crippen molar-refractivity contribution >= 4 is 34.0 Å². The summed E-state index contributed by atoms with van der Waals surface area (Å²) in [6, 6.07) is 1.75. The van der Waals surface area contributed by atoms with Crippen molar-refractivity contribution in [2.75, 3.05) is 0 Å². The van der Waals surface area contributed by atoms with Crippen molar-refractivity contribution in [1.29, 1.82) is 5.26 Å². The lowest BCUT2D eigenvalue weighted by atomic mass is 9.12.